The molecule has 0 amide bonds. The van der Waals surface area contributed by atoms with Crippen molar-refractivity contribution in [3.05, 3.63) is 0 Å². The quantitative estimate of drug-likeness (QED) is 0.211. The third-order valence-electron chi connectivity index (χ3n) is 0. The summed E-state index contributed by atoms with van der Waals surface area (Å²) < 4.78 is 34.1. The van der Waals surface area contributed by atoms with Crippen molar-refractivity contribution in [1.82, 2.24) is 0 Å². The molecule has 0 aromatic rings. The molecule has 10 heavy (non-hydrogen) atoms. The molecule has 0 saturated heterocycles. The van der Waals surface area contributed by atoms with Crippen LogP contribution in [0.2, 0.25) is 0 Å². The molecule has 0 aliphatic carbocycles. The topological polar surface area (TPSA) is 114 Å². The van der Waals surface area contributed by atoms with Crippen LogP contribution in [0.5, 0.6) is 0 Å². The summed E-state index contributed by atoms with van der Waals surface area (Å²) in [5.41, 5.74) is 0. The molecule has 0 atom stereocenters. The summed E-state index contributed by atoms with van der Waals surface area (Å²) >= 11 is 0. The van der Waals surface area contributed by atoms with Gasteiger partial charge >= 0.3 is 65.3 Å². The van der Waals surface area contributed by atoms with Crippen molar-refractivity contribution in [3.8, 4) is 0 Å². The van der Waals surface area contributed by atoms with Gasteiger partial charge in [0.25, 0.3) is 0 Å². The maximum absolute atomic E-state index is 8.52. The molecule has 0 saturated carbocycles. The molecule has 9 heteroatoms. The van der Waals surface area contributed by atoms with Crippen LogP contribution in [0.3, 0.4) is 0 Å². The fourth-order valence-electron chi connectivity index (χ4n) is 0. The largest absolute Gasteiger partial charge is 1.00 e. The van der Waals surface area contributed by atoms with Gasteiger partial charge in [0, 0.05) is 10.4 Å². The number of hydrogen-bond acceptors (Lipinski definition) is 6. The fourth-order valence-corrected chi connectivity index (χ4v) is 0. The van der Waals surface area contributed by atoms with E-state index < -0.39 is 10.4 Å². The summed E-state index contributed by atoms with van der Waals surface area (Å²) in [5.74, 6) is 0. The van der Waals surface area contributed by atoms with Crippen molar-refractivity contribution in [2.75, 3.05) is 0 Å². The molecule has 0 rings (SSSR count). The molecule has 0 radical (unpaired) electrons. The minimum absolute atomic E-state index is 0. The Bertz CT molecular complexity index is 156. The van der Waals surface area contributed by atoms with E-state index in [1.165, 1.54) is 0 Å². The van der Waals surface area contributed by atoms with Crippen LogP contribution in [0.4, 0.5) is 0 Å². The average molecular weight is 186 g/mol. The van der Waals surface area contributed by atoms with E-state index in [1.54, 1.807) is 0 Å². The summed E-state index contributed by atoms with van der Waals surface area (Å²) in [5, 5.41) is 0. The van der Waals surface area contributed by atoms with Crippen molar-refractivity contribution < 1.29 is 86.2 Å². The minimum Gasteiger partial charge on any atom is -0.759 e. The predicted molar refractivity (Wildman–Crippen MR) is 15.5 cm³/mol. The van der Waals surface area contributed by atoms with E-state index in [4.69, 9.17) is 27.1 Å². The standard InChI is InChI=1S/CO2.2Na.H2O4S/c2-1-3;;;1-5(2,3)4/h;;;(H2,1,2,3,4)/q;2*+1;/p-2. The van der Waals surface area contributed by atoms with Gasteiger partial charge in [-0.05, 0) is 0 Å². The van der Waals surface area contributed by atoms with Gasteiger partial charge < -0.3 is 9.11 Å². The fraction of sp³-hybridized carbons (Fsp3) is 0. The van der Waals surface area contributed by atoms with Crippen LogP contribution in [0.15, 0.2) is 0 Å². The molecule has 0 spiro atoms. The van der Waals surface area contributed by atoms with Gasteiger partial charge in [-0.25, -0.2) is 0 Å². The Labute approximate surface area is 102 Å². The molecule has 0 N–H and O–H groups in total. The predicted octanol–water partition coefficient (Wildman–Crippen LogP) is -7.91. The Balaban J connectivity index is -0.0000000326. The molecule has 0 fully saturated rings. The number of hydrogen-bond donors (Lipinski definition) is 0. The first-order chi connectivity index (χ1) is 3.41. The zero-order chi connectivity index (χ0) is 7.21. The van der Waals surface area contributed by atoms with Gasteiger partial charge in [0.15, 0.2) is 0 Å². The molecule has 48 valence electrons. The van der Waals surface area contributed by atoms with Crippen LogP contribution in [0.25, 0.3) is 0 Å². The van der Waals surface area contributed by atoms with E-state index in [1.807, 2.05) is 0 Å². The first-order valence-corrected chi connectivity index (χ1v) is 2.41. The van der Waals surface area contributed by atoms with Crippen molar-refractivity contribution >= 4 is 16.6 Å². The van der Waals surface area contributed by atoms with Crippen LogP contribution in [-0.2, 0) is 20.0 Å². The van der Waals surface area contributed by atoms with E-state index in [0.29, 0.717) is 0 Å². The average Bonchev–Trinajstić information content (AvgIpc) is 1.27. The summed E-state index contributed by atoms with van der Waals surface area (Å²) in [7, 11) is -5.17. The van der Waals surface area contributed by atoms with Crippen molar-refractivity contribution in [1.29, 1.82) is 0 Å². The first-order valence-electron chi connectivity index (χ1n) is 1.07. The van der Waals surface area contributed by atoms with Gasteiger partial charge in [-0.2, -0.15) is 9.59 Å². The van der Waals surface area contributed by atoms with Crippen molar-refractivity contribution in [3.63, 3.8) is 0 Å². The van der Waals surface area contributed by atoms with Gasteiger partial charge in [0.05, 0.1) is 0 Å². The van der Waals surface area contributed by atoms with Gasteiger partial charge in [-0.1, -0.05) is 0 Å². The zero-order valence-electron chi connectivity index (χ0n) is 5.36. The summed E-state index contributed by atoms with van der Waals surface area (Å²) in [6.45, 7) is 0. The van der Waals surface area contributed by atoms with Crippen molar-refractivity contribution in [2.24, 2.45) is 0 Å². The van der Waals surface area contributed by atoms with Crippen LogP contribution in [-0.4, -0.2) is 23.7 Å². The van der Waals surface area contributed by atoms with Crippen LogP contribution in [0.1, 0.15) is 0 Å². The molecular formula is CNa2O6S. The van der Waals surface area contributed by atoms with Crippen LogP contribution in [0, 0.1) is 0 Å². The normalized spacial score (nSPS) is 6.60. The van der Waals surface area contributed by atoms with Gasteiger partial charge in [0.1, 0.15) is 0 Å². The second kappa shape index (κ2) is 12.9. The minimum atomic E-state index is -5.17. The molecule has 0 unspecified atom stereocenters. The Hall–Kier alpha value is 1.25. The summed E-state index contributed by atoms with van der Waals surface area (Å²) in [4.78, 5) is 16.2. The molecule has 0 bridgehead atoms. The maximum atomic E-state index is 8.52. The number of rotatable bonds is 0. The van der Waals surface area contributed by atoms with Crippen LogP contribution >= 0.6 is 0 Å². The van der Waals surface area contributed by atoms with E-state index in [0.717, 1.165) is 0 Å². The Morgan fingerprint density at radius 3 is 1.00 bits per heavy atom. The smallest absolute Gasteiger partial charge is 0.759 e. The van der Waals surface area contributed by atoms with Gasteiger partial charge in [0.2, 0.25) is 0 Å². The number of carbonyl (C=O) groups excluding carboxylic acids is 2. The molecule has 0 aromatic heterocycles. The third kappa shape index (κ3) is 403. The van der Waals surface area contributed by atoms with E-state index in [2.05, 4.69) is 0 Å². The van der Waals surface area contributed by atoms with E-state index >= 15 is 0 Å². The maximum Gasteiger partial charge on any atom is 1.00 e. The summed E-state index contributed by atoms with van der Waals surface area (Å²) in [6.07, 6.45) is 0.250. The van der Waals surface area contributed by atoms with Crippen LogP contribution < -0.4 is 59.1 Å². The van der Waals surface area contributed by atoms with Gasteiger partial charge in [-0.3, -0.25) is 8.42 Å². The Morgan fingerprint density at radius 2 is 1.00 bits per heavy atom. The Kier molecular flexibility index (Phi) is 29.0. The zero-order valence-corrected chi connectivity index (χ0v) is 10.2. The first kappa shape index (κ1) is 22.5. The molecule has 0 aromatic carbocycles. The second-order valence-corrected chi connectivity index (χ2v) is 1.31. The summed E-state index contributed by atoms with van der Waals surface area (Å²) in [6, 6.07) is 0. The molecular weight excluding hydrogens is 186 g/mol. The van der Waals surface area contributed by atoms with E-state index in [-0.39, 0.29) is 65.3 Å². The molecule has 0 aliphatic heterocycles. The Morgan fingerprint density at radius 1 is 1.00 bits per heavy atom. The molecule has 6 nitrogen and oxygen atoms in total. The van der Waals surface area contributed by atoms with E-state index in [9.17, 15) is 0 Å². The van der Waals surface area contributed by atoms with Gasteiger partial charge in [-0.15, -0.1) is 0 Å². The monoisotopic (exact) mass is 186 g/mol. The SMILES string of the molecule is O=C=O.O=S(=O)([O-])[O-].[Na+].[Na+]. The molecule has 0 heterocycles. The second-order valence-electron chi connectivity index (χ2n) is 0.492. The molecule has 0 aliphatic rings. The van der Waals surface area contributed by atoms with Crippen molar-refractivity contribution in [2.45, 2.75) is 0 Å². The third-order valence-corrected chi connectivity index (χ3v) is 0.